The lowest BCUT2D eigenvalue weighted by Gasteiger charge is -2.22. The Labute approximate surface area is 119 Å². The first-order chi connectivity index (χ1) is 9.27. The van der Waals surface area contributed by atoms with Crippen molar-refractivity contribution in [3.05, 3.63) is 0 Å². The highest BCUT2D eigenvalue weighted by molar-refractivity contribution is 5.90. The Hall–Kier alpha value is -1.59. The predicted octanol–water partition coefficient (Wildman–Crippen LogP) is 0.750. The maximum atomic E-state index is 12.3. The van der Waals surface area contributed by atoms with Crippen LogP contribution < -0.4 is 11.1 Å². The lowest BCUT2D eigenvalue weighted by atomic mass is 9.94. The number of hydrogen-bond acceptors (Lipinski definition) is 3. The maximum Gasteiger partial charge on any atom is 0.307 e. The zero-order valence-corrected chi connectivity index (χ0v) is 12.3. The van der Waals surface area contributed by atoms with Crippen molar-refractivity contribution in [2.24, 2.45) is 29.4 Å². The number of nitrogens with one attached hydrogen (secondary N) is 1. The molecule has 0 radical (unpaired) electrons. The number of carboxylic acid groups (broad SMARTS) is 1. The van der Waals surface area contributed by atoms with Crippen LogP contribution in [0.15, 0.2) is 0 Å². The molecular formula is C14H24N2O4. The summed E-state index contributed by atoms with van der Waals surface area (Å²) in [6.07, 6.45) is 1.94. The van der Waals surface area contributed by atoms with E-state index in [0.717, 1.165) is 6.42 Å². The number of rotatable bonds is 6. The van der Waals surface area contributed by atoms with Crippen LogP contribution in [0.25, 0.3) is 0 Å². The Kier molecular flexibility index (Phi) is 5.53. The second-order valence-corrected chi connectivity index (χ2v) is 5.93. The van der Waals surface area contributed by atoms with E-state index in [9.17, 15) is 19.5 Å². The van der Waals surface area contributed by atoms with E-state index in [1.165, 1.54) is 0 Å². The first-order valence-electron chi connectivity index (χ1n) is 7.10. The summed E-state index contributed by atoms with van der Waals surface area (Å²) in [5.41, 5.74) is 5.26. The highest BCUT2D eigenvalue weighted by Gasteiger charge is 2.42. The van der Waals surface area contributed by atoms with Crippen molar-refractivity contribution in [2.75, 3.05) is 0 Å². The molecule has 0 heterocycles. The molecule has 6 heteroatoms. The smallest absolute Gasteiger partial charge is 0.307 e. The van der Waals surface area contributed by atoms with Gasteiger partial charge in [-0.25, -0.2) is 0 Å². The number of carboxylic acids is 1. The van der Waals surface area contributed by atoms with Crippen LogP contribution in [0.2, 0.25) is 0 Å². The fourth-order valence-electron chi connectivity index (χ4n) is 2.87. The third-order valence-corrected chi connectivity index (χ3v) is 4.16. The SMILES string of the molecule is CCC1C[C@H](C(=O)NC(C(N)=O)C(C)C)[C@H](C(=O)O)C1. The molecule has 0 aliphatic heterocycles. The molecule has 6 nitrogen and oxygen atoms in total. The van der Waals surface area contributed by atoms with Crippen LogP contribution in [-0.4, -0.2) is 28.9 Å². The van der Waals surface area contributed by atoms with E-state index in [1.54, 1.807) is 13.8 Å². The molecule has 1 fully saturated rings. The minimum absolute atomic E-state index is 0.122. The second kappa shape index (κ2) is 6.72. The quantitative estimate of drug-likeness (QED) is 0.668. The van der Waals surface area contributed by atoms with Crippen LogP contribution in [0.4, 0.5) is 0 Å². The number of amides is 2. The number of carbonyl (C=O) groups excluding carboxylic acids is 2. The van der Waals surface area contributed by atoms with Gasteiger partial charge in [0, 0.05) is 0 Å². The van der Waals surface area contributed by atoms with Crippen LogP contribution in [0, 0.1) is 23.7 Å². The van der Waals surface area contributed by atoms with Crippen LogP contribution >= 0.6 is 0 Å². The summed E-state index contributed by atoms with van der Waals surface area (Å²) in [6.45, 7) is 5.56. The Bertz CT molecular complexity index is 395. The average molecular weight is 284 g/mol. The third kappa shape index (κ3) is 3.71. The van der Waals surface area contributed by atoms with E-state index in [0.29, 0.717) is 12.8 Å². The van der Waals surface area contributed by atoms with E-state index in [-0.39, 0.29) is 17.7 Å². The Morgan fingerprint density at radius 3 is 2.20 bits per heavy atom. The molecule has 0 aromatic heterocycles. The van der Waals surface area contributed by atoms with E-state index in [1.807, 2.05) is 6.92 Å². The number of carbonyl (C=O) groups is 3. The molecule has 0 bridgehead atoms. The van der Waals surface area contributed by atoms with Gasteiger partial charge in [-0.1, -0.05) is 27.2 Å². The van der Waals surface area contributed by atoms with Crippen LogP contribution in [0.1, 0.15) is 40.0 Å². The van der Waals surface area contributed by atoms with Gasteiger partial charge in [0.05, 0.1) is 11.8 Å². The molecule has 1 rings (SSSR count). The maximum absolute atomic E-state index is 12.3. The summed E-state index contributed by atoms with van der Waals surface area (Å²) in [5, 5.41) is 11.8. The van der Waals surface area contributed by atoms with Gasteiger partial charge in [-0.05, 0) is 24.7 Å². The number of aliphatic carboxylic acids is 1. The van der Waals surface area contributed by atoms with Crippen molar-refractivity contribution in [3.8, 4) is 0 Å². The standard InChI is InChI=1S/C14H24N2O4/c1-4-8-5-9(10(6-8)14(19)20)13(18)16-11(7(2)3)12(15)17/h7-11H,4-6H2,1-3H3,(H2,15,17)(H,16,18)(H,19,20)/t8?,9-,10+,11?/m0/s1. The Balaban J connectivity index is 2.79. The van der Waals surface area contributed by atoms with E-state index >= 15 is 0 Å². The minimum Gasteiger partial charge on any atom is -0.481 e. The minimum atomic E-state index is -0.943. The van der Waals surface area contributed by atoms with Crippen LogP contribution in [-0.2, 0) is 14.4 Å². The van der Waals surface area contributed by atoms with Gasteiger partial charge in [0.1, 0.15) is 6.04 Å². The van der Waals surface area contributed by atoms with Gasteiger partial charge < -0.3 is 16.2 Å². The molecule has 0 aromatic rings. The van der Waals surface area contributed by atoms with E-state index < -0.39 is 29.8 Å². The van der Waals surface area contributed by atoms with Gasteiger partial charge in [-0.2, -0.15) is 0 Å². The van der Waals surface area contributed by atoms with Crippen LogP contribution in [0.5, 0.6) is 0 Å². The molecule has 4 atom stereocenters. The topological polar surface area (TPSA) is 109 Å². The number of hydrogen-bond donors (Lipinski definition) is 3. The second-order valence-electron chi connectivity index (χ2n) is 5.93. The predicted molar refractivity (Wildman–Crippen MR) is 73.6 cm³/mol. The van der Waals surface area contributed by atoms with Crippen molar-refractivity contribution < 1.29 is 19.5 Å². The van der Waals surface area contributed by atoms with Gasteiger partial charge >= 0.3 is 5.97 Å². The lowest BCUT2D eigenvalue weighted by Crippen LogP contribution is -2.50. The fraction of sp³-hybridized carbons (Fsp3) is 0.786. The van der Waals surface area contributed by atoms with E-state index in [2.05, 4.69) is 5.32 Å². The van der Waals surface area contributed by atoms with Gasteiger partial charge in [0.2, 0.25) is 11.8 Å². The highest BCUT2D eigenvalue weighted by atomic mass is 16.4. The Morgan fingerprint density at radius 2 is 1.80 bits per heavy atom. The molecule has 0 spiro atoms. The molecule has 114 valence electrons. The van der Waals surface area contributed by atoms with Crippen molar-refractivity contribution in [1.29, 1.82) is 0 Å². The summed E-state index contributed by atoms with van der Waals surface area (Å²) in [4.78, 5) is 34.8. The Morgan fingerprint density at radius 1 is 1.25 bits per heavy atom. The summed E-state index contributed by atoms with van der Waals surface area (Å²) in [6, 6.07) is -0.752. The average Bonchev–Trinajstić information content (AvgIpc) is 2.79. The molecule has 2 amide bonds. The number of nitrogens with two attached hydrogens (primary N) is 1. The summed E-state index contributed by atoms with van der Waals surface area (Å²) >= 11 is 0. The molecule has 1 saturated carbocycles. The van der Waals surface area contributed by atoms with Gasteiger partial charge in [0.25, 0.3) is 0 Å². The van der Waals surface area contributed by atoms with Gasteiger partial charge in [0.15, 0.2) is 0 Å². The van der Waals surface area contributed by atoms with Crippen LogP contribution in [0.3, 0.4) is 0 Å². The first kappa shape index (κ1) is 16.5. The molecule has 2 unspecified atom stereocenters. The summed E-state index contributed by atoms with van der Waals surface area (Å²) in [7, 11) is 0. The third-order valence-electron chi connectivity index (χ3n) is 4.16. The van der Waals surface area contributed by atoms with E-state index in [4.69, 9.17) is 5.73 Å². The van der Waals surface area contributed by atoms with Crippen molar-refractivity contribution >= 4 is 17.8 Å². The van der Waals surface area contributed by atoms with Gasteiger partial charge in [-0.3, -0.25) is 14.4 Å². The first-order valence-corrected chi connectivity index (χ1v) is 7.10. The van der Waals surface area contributed by atoms with Crippen molar-refractivity contribution in [1.82, 2.24) is 5.32 Å². The zero-order chi connectivity index (χ0) is 15.4. The molecule has 20 heavy (non-hydrogen) atoms. The zero-order valence-electron chi connectivity index (χ0n) is 12.3. The highest BCUT2D eigenvalue weighted by Crippen LogP contribution is 2.38. The molecule has 4 N–H and O–H groups in total. The fourth-order valence-corrected chi connectivity index (χ4v) is 2.87. The van der Waals surface area contributed by atoms with Crippen molar-refractivity contribution in [2.45, 2.75) is 46.1 Å². The van der Waals surface area contributed by atoms with Gasteiger partial charge in [-0.15, -0.1) is 0 Å². The summed E-state index contributed by atoms with van der Waals surface area (Å²) < 4.78 is 0. The molecule has 0 aromatic carbocycles. The molecule has 1 aliphatic carbocycles. The largest absolute Gasteiger partial charge is 0.481 e. The molecule has 0 saturated heterocycles. The monoisotopic (exact) mass is 284 g/mol. The van der Waals surface area contributed by atoms with Crippen molar-refractivity contribution in [3.63, 3.8) is 0 Å². The summed E-state index contributed by atoms with van der Waals surface area (Å²) in [5.74, 6) is -3.02. The normalized spacial score (nSPS) is 27.3. The number of primary amides is 1. The molecular weight excluding hydrogens is 260 g/mol. The molecule has 1 aliphatic rings. The lowest BCUT2D eigenvalue weighted by molar-refractivity contribution is -0.146.